The standard InChI is InChI=1S/C18H24N2O/c1-12(2)17-7-6-16(8-13(17)3)21-18-10-15(11-19-5)9-14(4)20-18/h6-10,12,19H,11H2,1-5H3. The Bertz CT molecular complexity index is 621. The lowest BCUT2D eigenvalue weighted by atomic mass is 9.98. The van der Waals surface area contributed by atoms with Crippen LogP contribution < -0.4 is 10.1 Å². The molecule has 2 aromatic rings. The molecule has 0 bridgehead atoms. The average Bonchev–Trinajstić information content (AvgIpc) is 2.37. The summed E-state index contributed by atoms with van der Waals surface area (Å²) in [5.41, 5.74) is 4.75. The number of nitrogens with one attached hydrogen (secondary N) is 1. The topological polar surface area (TPSA) is 34.2 Å². The van der Waals surface area contributed by atoms with Crippen LogP contribution in [0.2, 0.25) is 0 Å². The Balaban J connectivity index is 2.23. The zero-order chi connectivity index (χ0) is 15.4. The van der Waals surface area contributed by atoms with Crippen LogP contribution in [0, 0.1) is 13.8 Å². The highest BCUT2D eigenvalue weighted by Crippen LogP contribution is 2.26. The van der Waals surface area contributed by atoms with Gasteiger partial charge in [-0.3, -0.25) is 0 Å². The van der Waals surface area contributed by atoms with E-state index < -0.39 is 0 Å². The summed E-state index contributed by atoms with van der Waals surface area (Å²) in [7, 11) is 1.93. The second-order valence-electron chi connectivity index (χ2n) is 5.76. The van der Waals surface area contributed by atoms with E-state index in [0.29, 0.717) is 11.8 Å². The summed E-state index contributed by atoms with van der Waals surface area (Å²) in [5, 5.41) is 3.15. The summed E-state index contributed by atoms with van der Waals surface area (Å²) in [4.78, 5) is 4.45. The van der Waals surface area contributed by atoms with E-state index in [4.69, 9.17) is 4.74 Å². The van der Waals surface area contributed by atoms with Crippen LogP contribution in [0.5, 0.6) is 11.6 Å². The van der Waals surface area contributed by atoms with E-state index in [2.05, 4.69) is 49.3 Å². The number of rotatable bonds is 5. The van der Waals surface area contributed by atoms with Crippen molar-refractivity contribution >= 4 is 0 Å². The van der Waals surface area contributed by atoms with Crippen molar-refractivity contribution in [3.05, 3.63) is 52.7 Å². The predicted octanol–water partition coefficient (Wildman–Crippen LogP) is 4.33. The molecule has 0 unspecified atom stereocenters. The van der Waals surface area contributed by atoms with Crippen molar-refractivity contribution in [2.75, 3.05) is 7.05 Å². The van der Waals surface area contributed by atoms with Crippen LogP contribution in [0.3, 0.4) is 0 Å². The molecule has 0 atom stereocenters. The Hall–Kier alpha value is -1.87. The van der Waals surface area contributed by atoms with Crippen molar-refractivity contribution in [1.29, 1.82) is 0 Å². The Morgan fingerprint density at radius 3 is 2.52 bits per heavy atom. The fraction of sp³-hybridized carbons (Fsp3) is 0.389. The third-order valence-electron chi connectivity index (χ3n) is 3.46. The van der Waals surface area contributed by atoms with E-state index in [0.717, 1.165) is 18.0 Å². The lowest BCUT2D eigenvalue weighted by molar-refractivity contribution is 0.460. The minimum absolute atomic E-state index is 0.526. The van der Waals surface area contributed by atoms with Crippen LogP contribution in [0.15, 0.2) is 30.3 Å². The first-order chi connectivity index (χ1) is 9.99. The van der Waals surface area contributed by atoms with Gasteiger partial charge in [0.15, 0.2) is 0 Å². The summed E-state index contributed by atoms with van der Waals surface area (Å²) < 4.78 is 5.92. The lowest BCUT2D eigenvalue weighted by Crippen LogP contribution is -2.06. The van der Waals surface area contributed by atoms with E-state index in [1.807, 2.05) is 26.1 Å². The Morgan fingerprint density at radius 1 is 1.14 bits per heavy atom. The van der Waals surface area contributed by atoms with Crippen LogP contribution in [0.1, 0.15) is 42.1 Å². The molecule has 2 rings (SSSR count). The highest BCUT2D eigenvalue weighted by atomic mass is 16.5. The van der Waals surface area contributed by atoms with Crippen molar-refractivity contribution in [3.8, 4) is 11.6 Å². The van der Waals surface area contributed by atoms with E-state index in [-0.39, 0.29) is 0 Å². The van der Waals surface area contributed by atoms with Crippen LogP contribution in [0.4, 0.5) is 0 Å². The number of hydrogen-bond donors (Lipinski definition) is 1. The first kappa shape index (κ1) is 15.5. The number of hydrogen-bond acceptors (Lipinski definition) is 3. The third-order valence-corrected chi connectivity index (χ3v) is 3.46. The van der Waals surface area contributed by atoms with Gasteiger partial charge in [0.1, 0.15) is 5.75 Å². The van der Waals surface area contributed by atoms with Gasteiger partial charge >= 0.3 is 0 Å². The molecule has 0 saturated heterocycles. The Morgan fingerprint density at radius 2 is 1.90 bits per heavy atom. The first-order valence-electron chi connectivity index (χ1n) is 7.40. The number of pyridine rings is 1. The van der Waals surface area contributed by atoms with E-state index in [1.54, 1.807) is 0 Å². The maximum absolute atomic E-state index is 5.92. The molecule has 1 N–H and O–H groups in total. The molecule has 3 nitrogen and oxygen atoms in total. The van der Waals surface area contributed by atoms with Crippen LogP contribution in [-0.4, -0.2) is 12.0 Å². The van der Waals surface area contributed by atoms with Crippen molar-refractivity contribution < 1.29 is 4.74 Å². The molecule has 1 aromatic carbocycles. The summed E-state index contributed by atoms with van der Waals surface area (Å²) in [6.45, 7) is 9.33. The fourth-order valence-electron chi connectivity index (χ4n) is 2.55. The summed E-state index contributed by atoms with van der Waals surface area (Å²) >= 11 is 0. The van der Waals surface area contributed by atoms with Gasteiger partial charge < -0.3 is 10.1 Å². The minimum atomic E-state index is 0.526. The van der Waals surface area contributed by atoms with Gasteiger partial charge in [-0.25, -0.2) is 4.98 Å². The Labute approximate surface area is 127 Å². The predicted molar refractivity (Wildman–Crippen MR) is 87.1 cm³/mol. The van der Waals surface area contributed by atoms with Gasteiger partial charge in [0.25, 0.3) is 0 Å². The zero-order valence-corrected chi connectivity index (χ0v) is 13.5. The lowest BCUT2D eigenvalue weighted by Gasteiger charge is -2.12. The highest BCUT2D eigenvalue weighted by molar-refractivity contribution is 5.38. The highest BCUT2D eigenvalue weighted by Gasteiger charge is 2.07. The van der Waals surface area contributed by atoms with Gasteiger partial charge in [-0.15, -0.1) is 0 Å². The molecule has 112 valence electrons. The number of aromatic nitrogens is 1. The third kappa shape index (κ3) is 4.05. The summed E-state index contributed by atoms with van der Waals surface area (Å²) in [6, 6.07) is 10.3. The van der Waals surface area contributed by atoms with Crippen LogP contribution in [-0.2, 0) is 6.54 Å². The molecule has 0 aliphatic carbocycles. The normalized spacial score (nSPS) is 11.0. The van der Waals surface area contributed by atoms with E-state index in [9.17, 15) is 0 Å². The number of benzene rings is 1. The molecule has 0 aliphatic rings. The average molecular weight is 284 g/mol. The maximum atomic E-state index is 5.92. The van der Waals surface area contributed by atoms with Gasteiger partial charge in [0.05, 0.1) is 0 Å². The molecular weight excluding hydrogens is 260 g/mol. The van der Waals surface area contributed by atoms with Gasteiger partial charge in [0.2, 0.25) is 5.88 Å². The Kier molecular flexibility index (Phi) is 4.97. The van der Waals surface area contributed by atoms with E-state index >= 15 is 0 Å². The SMILES string of the molecule is CNCc1cc(C)nc(Oc2ccc(C(C)C)c(C)c2)c1. The molecule has 0 aliphatic heterocycles. The van der Waals surface area contributed by atoms with Crippen molar-refractivity contribution in [2.45, 2.75) is 40.2 Å². The first-order valence-corrected chi connectivity index (χ1v) is 7.40. The van der Waals surface area contributed by atoms with Crippen molar-refractivity contribution in [3.63, 3.8) is 0 Å². The number of ether oxygens (including phenoxy) is 1. The molecule has 0 spiro atoms. The summed E-state index contributed by atoms with van der Waals surface area (Å²) in [5.74, 6) is 2.01. The molecular formula is C18H24N2O. The van der Waals surface area contributed by atoms with Crippen LogP contribution in [0.25, 0.3) is 0 Å². The van der Waals surface area contributed by atoms with Gasteiger partial charge in [-0.1, -0.05) is 19.9 Å². The smallest absolute Gasteiger partial charge is 0.219 e. The van der Waals surface area contributed by atoms with Gasteiger partial charge in [-0.05, 0) is 61.7 Å². The largest absolute Gasteiger partial charge is 0.439 e. The molecule has 1 aromatic heterocycles. The minimum Gasteiger partial charge on any atom is -0.439 e. The molecule has 0 fully saturated rings. The van der Waals surface area contributed by atoms with Crippen LogP contribution >= 0.6 is 0 Å². The molecule has 1 heterocycles. The van der Waals surface area contributed by atoms with Gasteiger partial charge in [0, 0.05) is 18.3 Å². The molecule has 0 radical (unpaired) electrons. The molecule has 21 heavy (non-hydrogen) atoms. The monoisotopic (exact) mass is 284 g/mol. The number of nitrogens with zero attached hydrogens (tertiary/aromatic N) is 1. The zero-order valence-electron chi connectivity index (χ0n) is 13.5. The second-order valence-corrected chi connectivity index (χ2v) is 5.76. The quantitative estimate of drug-likeness (QED) is 0.887. The maximum Gasteiger partial charge on any atom is 0.219 e. The van der Waals surface area contributed by atoms with Crippen molar-refractivity contribution in [2.24, 2.45) is 0 Å². The van der Waals surface area contributed by atoms with Gasteiger partial charge in [-0.2, -0.15) is 0 Å². The van der Waals surface area contributed by atoms with Crippen molar-refractivity contribution in [1.82, 2.24) is 10.3 Å². The fourth-order valence-corrected chi connectivity index (χ4v) is 2.55. The second kappa shape index (κ2) is 6.72. The molecule has 0 amide bonds. The number of aryl methyl sites for hydroxylation is 2. The molecule has 3 heteroatoms. The van der Waals surface area contributed by atoms with E-state index in [1.165, 1.54) is 16.7 Å². The molecule has 0 saturated carbocycles. The summed E-state index contributed by atoms with van der Waals surface area (Å²) in [6.07, 6.45) is 0.